The second kappa shape index (κ2) is 7.14. The summed E-state index contributed by atoms with van der Waals surface area (Å²) in [6.07, 6.45) is 2.32. The van der Waals surface area contributed by atoms with Gasteiger partial charge in [-0.25, -0.2) is 0 Å². The van der Waals surface area contributed by atoms with Gasteiger partial charge >= 0.3 is 0 Å². The summed E-state index contributed by atoms with van der Waals surface area (Å²) in [5, 5.41) is 0. The molecule has 0 aliphatic rings. The Kier molecular flexibility index (Phi) is 6.17. The van der Waals surface area contributed by atoms with Gasteiger partial charge in [-0.3, -0.25) is 4.90 Å². The summed E-state index contributed by atoms with van der Waals surface area (Å²) < 4.78 is 1.15. The summed E-state index contributed by atoms with van der Waals surface area (Å²) in [7, 11) is 2.18. The van der Waals surface area contributed by atoms with Crippen molar-refractivity contribution in [2.45, 2.75) is 38.8 Å². The summed E-state index contributed by atoms with van der Waals surface area (Å²) in [4.78, 5) is 2.40. The van der Waals surface area contributed by atoms with Crippen LogP contribution in [0.1, 0.15) is 38.3 Å². The molecule has 0 heterocycles. The number of hydrogen-bond donors (Lipinski definition) is 1. The highest BCUT2D eigenvalue weighted by Gasteiger charge is 2.22. The number of nitrogens with two attached hydrogens (primary N) is 1. The lowest BCUT2D eigenvalue weighted by atomic mass is 10.0. The van der Waals surface area contributed by atoms with Crippen LogP contribution < -0.4 is 5.73 Å². The van der Waals surface area contributed by atoms with Crippen LogP contribution in [0.5, 0.6) is 0 Å². The highest BCUT2D eigenvalue weighted by Crippen LogP contribution is 2.28. The Morgan fingerprint density at radius 3 is 2.29 bits per heavy atom. The van der Waals surface area contributed by atoms with E-state index in [4.69, 9.17) is 5.73 Å². The van der Waals surface area contributed by atoms with Crippen molar-refractivity contribution in [1.82, 2.24) is 4.90 Å². The molecule has 1 rings (SSSR count). The van der Waals surface area contributed by atoms with Gasteiger partial charge in [0.2, 0.25) is 0 Å². The first kappa shape index (κ1) is 14.7. The Bertz CT molecular complexity index is 337. The fourth-order valence-electron chi connectivity index (χ4n) is 2.38. The predicted molar refractivity (Wildman–Crippen MR) is 78.1 cm³/mol. The zero-order valence-electron chi connectivity index (χ0n) is 11.0. The van der Waals surface area contributed by atoms with Gasteiger partial charge in [0.1, 0.15) is 0 Å². The molecule has 0 aromatic heterocycles. The van der Waals surface area contributed by atoms with Crippen molar-refractivity contribution in [3.8, 4) is 0 Å². The van der Waals surface area contributed by atoms with Crippen LogP contribution in [0.4, 0.5) is 0 Å². The van der Waals surface area contributed by atoms with Crippen molar-refractivity contribution in [3.63, 3.8) is 0 Å². The van der Waals surface area contributed by atoms with Crippen LogP contribution >= 0.6 is 15.9 Å². The first-order chi connectivity index (χ1) is 8.15. The zero-order chi connectivity index (χ0) is 12.8. The Morgan fingerprint density at radius 2 is 1.82 bits per heavy atom. The molecule has 1 atom stereocenters. The lowest BCUT2D eigenvalue weighted by molar-refractivity contribution is 0.167. The van der Waals surface area contributed by atoms with Gasteiger partial charge in [0.05, 0.1) is 0 Å². The summed E-state index contributed by atoms with van der Waals surface area (Å²) in [5.74, 6) is 0. The molecule has 2 N–H and O–H groups in total. The Balaban J connectivity index is 2.95. The van der Waals surface area contributed by atoms with Gasteiger partial charge in [-0.2, -0.15) is 0 Å². The van der Waals surface area contributed by atoms with Gasteiger partial charge in [0.15, 0.2) is 0 Å². The molecule has 17 heavy (non-hydrogen) atoms. The predicted octanol–water partition coefficient (Wildman–Crippen LogP) is 3.57. The number of nitrogens with zero attached hydrogens (tertiary/aromatic N) is 1. The van der Waals surface area contributed by atoms with E-state index in [1.165, 1.54) is 5.56 Å². The minimum absolute atomic E-state index is 0.287. The normalized spacial score (nSPS) is 13.4. The third-order valence-electron chi connectivity index (χ3n) is 3.50. The Labute approximate surface area is 113 Å². The summed E-state index contributed by atoms with van der Waals surface area (Å²) >= 11 is 3.62. The van der Waals surface area contributed by atoms with E-state index in [0.29, 0.717) is 12.6 Å². The molecule has 0 saturated carbocycles. The third kappa shape index (κ3) is 3.54. The van der Waals surface area contributed by atoms with Crippen molar-refractivity contribution >= 4 is 15.9 Å². The second-order valence-corrected chi connectivity index (χ2v) is 5.26. The van der Waals surface area contributed by atoms with Gasteiger partial charge in [-0.15, -0.1) is 0 Å². The molecule has 96 valence electrons. The van der Waals surface area contributed by atoms with E-state index in [-0.39, 0.29) is 6.04 Å². The van der Waals surface area contributed by atoms with E-state index in [9.17, 15) is 0 Å². The molecule has 0 amide bonds. The van der Waals surface area contributed by atoms with Gasteiger partial charge in [0, 0.05) is 23.1 Å². The van der Waals surface area contributed by atoms with E-state index in [2.05, 4.69) is 59.9 Å². The molecule has 0 aliphatic carbocycles. The topological polar surface area (TPSA) is 29.3 Å². The molecule has 0 aliphatic heterocycles. The molecular weight excluding hydrogens is 276 g/mol. The van der Waals surface area contributed by atoms with E-state index in [1.54, 1.807) is 0 Å². The van der Waals surface area contributed by atoms with Crippen molar-refractivity contribution in [2.24, 2.45) is 5.73 Å². The molecule has 0 saturated heterocycles. The maximum Gasteiger partial charge on any atom is 0.0481 e. The van der Waals surface area contributed by atoms with Crippen LogP contribution in [0, 0.1) is 0 Å². The highest BCUT2D eigenvalue weighted by atomic mass is 79.9. The molecule has 1 unspecified atom stereocenters. The maximum absolute atomic E-state index is 5.96. The van der Waals surface area contributed by atoms with E-state index < -0.39 is 0 Å². The van der Waals surface area contributed by atoms with Gasteiger partial charge < -0.3 is 5.73 Å². The van der Waals surface area contributed by atoms with Crippen LogP contribution in [-0.2, 0) is 0 Å². The second-order valence-electron chi connectivity index (χ2n) is 4.41. The smallest absolute Gasteiger partial charge is 0.0481 e. The fraction of sp³-hybridized carbons (Fsp3) is 0.571. The third-order valence-corrected chi connectivity index (χ3v) is 4.22. The molecule has 0 fully saturated rings. The molecular formula is C14H23BrN2. The van der Waals surface area contributed by atoms with Gasteiger partial charge in [0.25, 0.3) is 0 Å². The van der Waals surface area contributed by atoms with Crippen molar-refractivity contribution < 1.29 is 0 Å². The molecule has 0 radical (unpaired) electrons. The van der Waals surface area contributed by atoms with Gasteiger partial charge in [-0.1, -0.05) is 48.0 Å². The lowest BCUT2D eigenvalue weighted by Gasteiger charge is -2.34. The van der Waals surface area contributed by atoms with Gasteiger partial charge in [-0.05, 0) is 31.5 Å². The molecule has 2 nitrogen and oxygen atoms in total. The Hall–Kier alpha value is -0.380. The molecule has 0 bridgehead atoms. The quantitative estimate of drug-likeness (QED) is 0.870. The van der Waals surface area contributed by atoms with Crippen LogP contribution in [0.25, 0.3) is 0 Å². The number of hydrogen-bond acceptors (Lipinski definition) is 2. The van der Waals surface area contributed by atoms with Crippen molar-refractivity contribution in [3.05, 3.63) is 34.3 Å². The lowest BCUT2D eigenvalue weighted by Crippen LogP contribution is -2.38. The first-order valence-corrected chi connectivity index (χ1v) is 7.11. The van der Waals surface area contributed by atoms with Crippen LogP contribution in [0.3, 0.4) is 0 Å². The fourth-order valence-corrected chi connectivity index (χ4v) is 2.93. The monoisotopic (exact) mass is 298 g/mol. The molecule has 1 aromatic carbocycles. The minimum Gasteiger partial charge on any atom is -0.329 e. The maximum atomic E-state index is 5.96. The summed E-state index contributed by atoms with van der Waals surface area (Å²) in [6, 6.07) is 9.23. The summed E-state index contributed by atoms with van der Waals surface area (Å²) in [5.41, 5.74) is 7.24. The van der Waals surface area contributed by atoms with E-state index >= 15 is 0 Å². The standard InChI is InChI=1S/C14H23BrN2/c1-4-11(5-2)17(3)14(10-16)12-8-6-7-9-13(12)15/h6-9,11,14H,4-5,10,16H2,1-3H3. The number of halogens is 1. The Morgan fingerprint density at radius 1 is 1.24 bits per heavy atom. The van der Waals surface area contributed by atoms with Crippen molar-refractivity contribution in [2.75, 3.05) is 13.6 Å². The average Bonchev–Trinajstić information content (AvgIpc) is 2.34. The number of rotatable bonds is 6. The number of benzene rings is 1. The number of likely N-dealkylation sites (N-methyl/N-ethyl adjacent to an activating group) is 1. The minimum atomic E-state index is 0.287. The average molecular weight is 299 g/mol. The molecule has 3 heteroatoms. The van der Waals surface area contributed by atoms with Crippen molar-refractivity contribution in [1.29, 1.82) is 0 Å². The molecule has 0 spiro atoms. The van der Waals surface area contributed by atoms with Crippen LogP contribution in [0.2, 0.25) is 0 Å². The van der Waals surface area contributed by atoms with Crippen LogP contribution in [0.15, 0.2) is 28.7 Å². The zero-order valence-corrected chi connectivity index (χ0v) is 12.6. The first-order valence-electron chi connectivity index (χ1n) is 6.32. The van der Waals surface area contributed by atoms with E-state index in [1.807, 2.05) is 6.07 Å². The largest absolute Gasteiger partial charge is 0.329 e. The molecule has 1 aromatic rings. The summed E-state index contributed by atoms with van der Waals surface area (Å²) in [6.45, 7) is 5.12. The SMILES string of the molecule is CCC(CC)N(C)C(CN)c1ccccc1Br. The highest BCUT2D eigenvalue weighted by molar-refractivity contribution is 9.10. The van der Waals surface area contributed by atoms with E-state index in [0.717, 1.165) is 17.3 Å². The van der Waals surface area contributed by atoms with Crippen LogP contribution in [-0.4, -0.2) is 24.5 Å².